The van der Waals surface area contributed by atoms with Crippen molar-refractivity contribution in [3.05, 3.63) is 45.8 Å². The molecule has 7 nitrogen and oxygen atoms in total. The number of thiophene rings is 1. The number of carbonyl (C=O) groups excluding carboxylic acids is 2. The van der Waals surface area contributed by atoms with Crippen LogP contribution in [0.15, 0.2) is 29.2 Å². The Kier molecular flexibility index (Phi) is 7.07. The molecule has 2 rings (SSSR count). The number of amides is 2. The fourth-order valence-corrected chi connectivity index (χ4v) is 4.41. The average Bonchev–Trinajstić information content (AvgIpc) is 2.93. The van der Waals surface area contributed by atoms with Gasteiger partial charge in [-0.25, -0.2) is 18.0 Å². The van der Waals surface area contributed by atoms with Crippen molar-refractivity contribution >= 4 is 38.2 Å². The lowest BCUT2D eigenvalue weighted by Gasteiger charge is -2.25. The van der Waals surface area contributed by atoms with Crippen LogP contribution >= 0.6 is 11.3 Å². The van der Waals surface area contributed by atoms with Gasteiger partial charge in [0.2, 0.25) is 0 Å². The molecule has 1 atom stereocenters. The highest BCUT2D eigenvalue weighted by Crippen LogP contribution is 2.33. The number of rotatable bonds is 6. The van der Waals surface area contributed by atoms with Gasteiger partial charge in [0.25, 0.3) is 0 Å². The molecular weight excluding hydrogens is 412 g/mol. The quantitative estimate of drug-likeness (QED) is 0.683. The third-order valence-corrected chi connectivity index (χ3v) is 7.03. The Labute approximate surface area is 175 Å². The second kappa shape index (κ2) is 8.96. The van der Waals surface area contributed by atoms with Crippen molar-refractivity contribution in [1.29, 1.82) is 0 Å². The Bertz CT molecular complexity index is 1010. The molecule has 1 N–H and O–H groups in total. The molecule has 0 aliphatic rings. The maximum Gasteiger partial charge on any atom is 0.341 e. The zero-order valence-electron chi connectivity index (χ0n) is 17.4. The largest absolute Gasteiger partial charge is 0.462 e. The molecule has 2 aromatic rings. The molecule has 2 amide bonds. The number of hydrogen-bond acceptors (Lipinski definition) is 6. The predicted molar refractivity (Wildman–Crippen MR) is 114 cm³/mol. The highest BCUT2D eigenvalue weighted by molar-refractivity contribution is 7.90. The van der Waals surface area contributed by atoms with E-state index >= 15 is 0 Å². The molecule has 158 valence electrons. The lowest BCUT2D eigenvalue weighted by atomic mass is 10.1. The van der Waals surface area contributed by atoms with E-state index in [0.717, 1.165) is 22.3 Å². The number of aryl methyl sites for hydroxylation is 1. The highest BCUT2D eigenvalue weighted by Gasteiger charge is 2.24. The molecule has 29 heavy (non-hydrogen) atoms. The van der Waals surface area contributed by atoms with Gasteiger partial charge in [-0.05, 0) is 51.0 Å². The first kappa shape index (κ1) is 22.9. The average molecular weight is 439 g/mol. The van der Waals surface area contributed by atoms with Crippen LogP contribution in [0.5, 0.6) is 0 Å². The van der Waals surface area contributed by atoms with Crippen LogP contribution in [0.4, 0.5) is 9.80 Å². The number of ether oxygens (including phenoxy) is 1. The molecule has 0 radical (unpaired) electrons. The smallest absolute Gasteiger partial charge is 0.341 e. The summed E-state index contributed by atoms with van der Waals surface area (Å²) in [6.07, 6.45) is 1.15. The Morgan fingerprint density at radius 1 is 1.21 bits per heavy atom. The number of anilines is 1. The number of benzene rings is 1. The van der Waals surface area contributed by atoms with Crippen LogP contribution in [-0.4, -0.2) is 45.2 Å². The summed E-state index contributed by atoms with van der Waals surface area (Å²) in [5.41, 5.74) is 1.95. The van der Waals surface area contributed by atoms with Gasteiger partial charge in [-0.2, -0.15) is 0 Å². The van der Waals surface area contributed by atoms with Crippen LogP contribution in [0.2, 0.25) is 0 Å². The molecule has 0 aliphatic carbocycles. The lowest BCUT2D eigenvalue weighted by molar-refractivity contribution is 0.0527. The summed E-state index contributed by atoms with van der Waals surface area (Å²) >= 11 is 1.33. The molecule has 0 bridgehead atoms. The van der Waals surface area contributed by atoms with Gasteiger partial charge in [-0.15, -0.1) is 11.3 Å². The van der Waals surface area contributed by atoms with E-state index in [-0.39, 0.29) is 23.6 Å². The lowest BCUT2D eigenvalue weighted by Crippen LogP contribution is -2.33. The van der Waals surface area contributed by atoms with Gasteiger partial charge in [0.15, 0.2) is 9.84 Å². The molecule has 0 saturated carbocycles. The predicted octanol–water partition coefficient (Wildman–Crippen LogP) is 4.17. The van der Waals surface area contributed by atoms with Crippen LogP contribution in [0.25, 0.3) is 0 Å². The first-order valence-electron chi connectivity index (χ1n) is 9.08. The summed E-state index contributed by atoms with van der Waals surface area (Å²) in [4.78, 5) is 27.7. The fraction of sp³-hybridized carbons (Fsp3) is 0.400. The van der Waals surface area contributed by atoms with E-state index in [1.165, 1.54) is 28.4 Å². The third-order valence-electron chi connectivity index (χ3n) is 4.78. The van der Waals surface area contributed by atoms with Gasteiger partial charge in [-0.1, -0.05) is 12.1 Å². The monoisotopic (exact) mass is 438 g/mol. The maximum atomic E-state index is 12.8. The second-order valence-electron chi connectivity index (χ2n) is 6.77. The summed E-state index contributed by atoms with van der Waals surface area (Å²) in [5.74, 6) is -0.461. The van der Waals surface area contributed by atoms with Crippen LogP contribution in [0, 0.1) is 13.8 Å². The molecule has 0 saturated heterocycles. The van der Waals surface area contributed by atoms with Gasteiger partial charge < -0.3 is 9.64 Å². The minimum Gasteiger partial charge on any atom is -0.462 e. The van der Waals surface area contributed by atoms with E-state index in [9.17, 15) is 18.0 Å². The summed E-state index contributed by atoms with van der Waals surface area (Å²) < 4.78 is 28.3. The summed E-state index contributed by atoms with van der Waals surface area (Å²) in [7, 11) is -1.64. The summed E-state index contributed by atoms with van der Waals surface area (Å²) in [6.45, 7) is 7.53. The first-order chi connectivity index (χ1) is 13.5. The van der Waals surface area contributed by atoms with Crippen LogP contribution in [-0.2, 0) is 14.6 Å². The maximum absolute atomic E-state index is 12.8. The van der Waals surface area contributed by atoms with E-state index in [0.29, 0.717) is 10.6 Å². The van der Waals surface area contributed by atoms with Crippen molar-refractivity contribution in [1.82, 2.24) is 4.90 Å². The molecule has 1 heterocycles. The molecule has 0 aliphatic heterocycles. The third kappa shape index (κ3) is 5.16. The van der Waals surface area contributed by atoms with E-state index in [1.807, 2.05) is 20.8 Å². The van der Waals surface area contributed by atoms with E-state index in [2.05, 4.69) is 5.32 Å². The Balaban J connectivity index is 2.21. The Morgan fingerprint density at radius 2 is 1.79 bits per heavy atom. The van der Waals surface area contributed by atoms with Crippen LogP contribution in [0.3, 0.4) is 0 Å². The number of nitrogens with zero attached hydrogens (tertiary/aromatic N) is 1. The SMILES string of the molecule is CCOC(=O)c1c(NC(=O)N(C)C(C)c2ccc(S(C)(=O)=O)cc2)sc(C)c1C. The second-order valence-corrected chi connectivity index (χ2v) is 10.0. The molecule has 9 heteroatoms. The van der Waals surface area contributed by atoms with Gasteiger partial charge >= 0.3 is 12.0 Å². The molecule has 0 spiro atoms. The van der Waals surface area contributed by atoms with Crippen molar-refractivity contribution in [3.63, 3.8) is 0 Å². The van der Waals surface area contributed by atoms with Crippen molar-refractivity contribution in [3.8, 4) is 0 Å². The number of urea groups is 1. The topological polar surface area (TPSA) is 92.8 Å². The van der Waals surface area contributed by atoms with E-state index in [1.54, 1.807) is 26.1 Å². The van der Waals surface area contributed by atoms with Crippen molar-refractivity contribution in [2.24, 2.45) is 0 Å². The zero-order valence-corrected chi connectivity index (χ0v) is 19.0. The van der Waals surface area contributed by atoms with Gasteiger partial charge in [0.05, 0.1) is 23.1 Å². The van der Waals surface area contributed by atoms with Crippen LogP contribution in [0.1, 0.15) is 46.3 Å². The number of carbonyl (C=O) groups is 2. The minimum absolute atomic E-state index is 0.226. The standard InChI is InChI=1S/C20H26N2O5S2/c1-7-27-19(23)17-12(2)14(4)28-18(17)21-20(24)22(5)13(3)15-8-10-16(11-9-15)29(6,25)26/h8-11,13H,7H2,1-6H3,(H,21,24). The van der Waals surface area contributed by atoms with Crippen molar-refractivity contribution in [2.45, 2.75) is 38.6 Å². The molecule has 1 unspecified atom stereocenters. The Morgan fingerprint density at radius 3 is 2.31 bits per heavy atom. The summed E-state index contributed by atoms with van der Waals surface area (Å²) in [5, 5.41) is 3.26. The molecule has 1 aromatic carbocycles. The van der Waals surface area contributed by atoms with E-state index < -0.39 is 15.8 Å². The number of hydrogen-bond donors (Lipinski definition) is 1. The van der Waals surface area contributed by atoms with E-state index in [4.69, 9.17) is 4.74 Å². The van der Waals surface area contributed by atoms with Crippen LogP contribution < -0.4 is 5.32 Å². The first-order valence-corrected chi connectivity index (χ1v) is 11.8. The minimum atomic E-state index is -3.28. The fourth-order valence-electron chi connectivity index (χ4n) is 2.74. The normalized spacial score (nSPS) is 12.3. The number of nitrogens with one attached hydrogen (secondary N) is 1. The molecule has 1 aromatic heterocycles. The van der Waals surface area contributed by atoms with Crippen molar-refractivity contribution < 1.29 is 22.7 Å². The highest BCUT2D eigenvalue weighted by atomic mass is 32.2. The number of esters is 1. The summed E-state index contributed by atoms with van der Waals surface area (Å²) in [6, 6.07) is 5.74. The van der Waals surface area contributed by atoms with Gasteiger partial charge in [0, 0.05) is 18.2 Å². The molecular formula is C20H26N2O5S2. The zero-order chi connectivity index (χ0) is 21.9. The van der Waals surface area contributed by atoms with Gasteiger partial charge in [0.1, 0.15) is 5.00 Å². The van der Waals surface area contributed by atoms with Gasteiger partial charge in [-0.3, -0.25) is 5.32 Å². The number of sulfone groups is 1. The molecule has 0 fully saturated rings. The Hall–Kier alpha value is -2.39. The van der Waals surface area contributed by atoms with Crippen molar-refractivity contribution in [2.75, 3.05) is 25.2 Å².